The van der Waals surface area contributed by atoms with Gasteiger partial charge < -0.3 is 0 Å². The summed E-state index contributed by atoms with van der Waals surface area (Å²) in [6.45, 7) is 0.908. The molecule has 2 aromatic carbocycles. The lowest BCUT2D eigenvalue weighted by Crippen LogP contribution is -2.14. The fraction of sp³-hybridized carbons (Fsp3) is 0.143. The minimum absolute atomic E-state index is 0.339. The largest absolute Gasteiger partial charge is 0.297 e. The minimum atomic E-state index is -0.339. The molecule has 0 bridgehead atoms. The molecule has 1 N–H and O–H groups in total. The predicted octanol–water partition coefficient (Wildman–Crippen LogP) is 3.70. The van der Waals surface area contributed by atoms with Crippen LogP contribution in [0.2, 0.25) is 5.02 Å². The van der Waals surface area contributed by atoms with Gasteiger partial charge in [0.15, 0.2) is 0 Å². The lowest BCUT2D eigenvalue weighted by atomic mass is 10.2. The smallest absolute Gasteiger partial charge is 0.124 e. The average Bonchev–Trinajstić information content (AvgIpc) is 2.38. The van der Waals surface area contributed by atoms with Crippen molar-refractivity contribution in [2.24, 2.45) is 0 Å². The molecule has 0 aromatic heterocycles. The van der Waals surface area contributed by atoms with Gasteiger partial charge in [-0.1, -0.05) is 48.0 Å². The van der Waals surface area contributed by atoms with Crippen molar-refractivity contribution in [1.82, 2.24) is 5.48 Å². The van der Waals surface area contributed by atoms with Crippen LogP contribution in [0.5, 0.6) is 0 Å². The van der Waals surface area contributed by atoms with Gasteiger partial charge in [0.2, 0.25) is 0 Å². The van der Waals surface area contributed by atoms with Gasteiger partial charge in [-0.3, -0.25) is 4.84 Å². The highest BCUT2D eigenvalue weighted by molar-refractivity contribution is 6.31. The van der Waals surface area contributed by atoms with E-state index in [2.05, 4.69) is 5.48 Å². The topological polar surface area (TPSA) is 21.3 Å². The summed E-state index contributed by atoms with van der Waals surface area (Å²) in [6, 6.07) is 14.1. The molecule has 0 aliphatic carbocycles. The summed E-state index contributed by atoms with van der Waals surface area (Å²) in [5, 5.41) is 0.394. The summed E-state index contributed by atoms with van der Waals surface area (Å²) in [4.78, 5) is 5.31. The fourth-order valence-electron chi connectivity index (χ4n) is 1.50. The quantitative estimate of drug-likeness (QED) is 0.657. The van der Waals surface area contributed by atoms with Crippen molar-refractivity contribution in [3.63, 3.8) is 0 Å². The van der Waals surface area contributed by atoms with E-state index in [0.717, 1.165) is 11.1 Å². The van der Waals surface area contributed by atoms with Gasteiger partial charge in [0.05, 0.1) is 6.61 Å². The van der Waals surface area contributed by atoms with Crippen LogP contribution in [0.4, 0.5) is 4.39 Å². The number of hydrogen-bond donors (Lipinski definition) is 1. The van der Waals surface area contributed by atoms with E-state index in [0.29, 0.717) is 18.2 Å². The first-order valence-corrected chi connectivity index (χ1v) is 5.96. The predicted molar refractivity (Wildman–Crippen MR) is 69.5 cm³/mol. The number of rotatable bonds is 5. The minimum Gasteiger partial charge on any atom is -0.297 e. The van der Waals surface area contributed by atoms with Gasteiger partial charge in [-0.15, -0.1) is 0 Å². The molecule has 0 radical (unpaired) electrons. The molecule has 0 atom stereocenters. The van der Waals surface area contributed by atoms with Gasteiger partial charge in [-0.05, 0) is 23.3 Å². The Morgan fingerprint density at radius 1 is 1.11 bits per heavy atom. The van der Waals surface area contributed by atoms with Crippen molar-refractivity contribution in [2.75, 3.05) is 0 Å². The van der Waals surface area contributed by atoms with Gasteiger partial charge in [0.1, 0.15) is 5.82 Å². The molecular weight excluding hydrogens is 253 g/mol. The number of nitrogens with one attached hydrogen (secondary N) is 1. The Hall–Kier alpha value is -1.42. The number of hydroxylamine groups is 1. The molecule has 0 saturated carbocycles. The maximum absolute atomic E-state index is 12.8. The van der Waals surface area contributed by atoms with Crippen molar-refractivity contribution in [3.05, 3.63) is 70.5 Å². The molecule has 0 spiro atoms. The van der Waals surface area contributed by atoms with Crippen LogP contribution in [-0.2, 0) is 18.0 Å². The Balaban J connectivity index is 1.79. The first-order chi connectivity index (χ1) is 8.75. The normalized spacial score (nSPS) is 10.6. The van der Waals surface area contributed by atoms with E-state index in [1.54, 1.807) is 6.07 Å². The molecular formula is C14H13ClFNO. The first-order valence-electron chi connectivity index (χ1n) is 5.58. The highest BCUT2D eigenvalue weighted by Gasteiger charge is 2.01. The SMILES string of the molecule is Fc1ccc(CNOCc2ccccc2)c(Cl)c1. The summed E-state index contributed by atoms with van der Waals surface area (Å²) in [6.07, 6.45) is 0. The third-order valence-electron chi connectivity index (χ3n) is 2.46. The fourth-order valence-corrected chi connectivity index (χ4v) is 1.74. The Morgan fingerprint density at radius 3 is 2.61 bits per heavy atom. The third-order valence-corrected chi connectivity index (χ3v) is 2.81. The Kier molecular flexibility index (Phi) is 4.70. The summed E-state index contributed by atoms with van der Waals surface area (Å²) in [7, 11) is 0. The summed E-state index contributed by atoms with van der Waals surface area (Å²) < 4.78 is 12.8. The second kappa shape index (κ2) is 6.50. The molecule has 0 amide bonds. The molecule has 94 valence electrons. The highest BCUT2D eigenvalue weighted by atomic mass is 35.5. The Labute approximate surface area is 110 Å². The molecule has 0 aliphatic rings. The molecule has 2 nitrogen and oxygen atoms in total. The van der Waals surface area contributed by atoms with Crippen molar-refractivity contribution >= 4 is 11.6 Å². The van der Waals surface area contributed by atoms with Crippen LogP contribution in [0.3, 0.4) is 0 Å². The van der Waals surface area contributed by atoms with E-state index in [4.69, 9.17) is 16.4 Å². The van der Waals surface area contributed by atoms with E-state index < -0.39 is 0 Å². The molecule has 0 fully saturated rings. The van der Waals surface area contributed by atoms with Crippen LogP contribution in [0.1, 0.15) is 11.1 Å². The number of halogens is 2. The number of benzene rings is 2. The van der Waals surface area contributed by atoms with Crippen molar-refractivity contribution in [1.29, 1.82) is 0 Å². The molecule has 0 heterocycles. The summed E-state index contributed by atoms with van der Waals surface area (Å²) in [5.41, 5.74) is 4.68. The van der Waals surface area contributed by atoms with Crippen molar-refractivity contribution < 1.29 is 9.23 Å². The van der Waals surface area contributed by atoms with Gasteiger partial charge in [0.25, 0.3) is 0 Å². The van der Waals surface area contributed by atoms with Crippen LogP contribution >= 0.6 is 11.6 Å². The Morgan fingerprint density at radius 2 is 1.89 bits per heavy atom. The molecule has 18 heavy (non-hydrogen) atoms. The van der Waals surface area contributed by atoms with Crippen LogP contribution in [0, 0.1) is 5.82 Å². The standard InChI is InChI=1S/C14H13ClFNO/c15-14-8-13(16)7-6-12(14)9-17-18-10-11-4-2-1-3-5-11/h1-8,17H,9-10H2. The Bertz CT molecular complexity index is 504. The lowest BCUT2D eigenvalue weighted by molar-refractivity contribution is 0.0235. The molecule has 0 saturated heterocycles. The monoisotopic (exact) mass is 265 g/mol. The maximum atomic E-state index is 12.8. The van der Waals surface area contributed by atoms with Gasteiger partial charge >= 0.3 is 0 Å². The van der Waals surface area contributed by atoms with E-state index >= 15 is 0 Å². The van der Waals surface area contributed by atoms with E-state index in [-0.39, 0.29) is 5.82 Å². The number of hydrogen-bond acceptors (Lipinski definition) is 2. The lowest BCUT2D eigenvalue weighted by Gasteiger charge is -2.07. The molecule has 2 aromatic rings. The van der Waals surface area contributed by atoms with Crippen molar-refractivity contribution in [2.45, 2.75) is 13.2 Å². The van der Waals surface area contributed by atoms with Gasteiger partial charge in [-0.25, -0.2) is 4.39 Å². The summed E-state index contributed by atoms with van der Waals surface area (Å²) in [5.74, 6) is -0.339. The summed E-state index contributed by atoms with van der Waals surface area (Å²) >= 11 is 5.89. The van der Waals surface area contributed by atoms with Crippen LogP contribution in [0.15, 0.2) is 48.5 Å². The van der Waals surface area contributed by atoms with E-state index in [1.165, 1.54) is 12.1 Å². The van der Waals surface area contributed by atoms with Crippen LogP contribution in [-0.4, -0.2) is 0 Å². The van der Waals surface area contributed by atoms with Gasteiger partial charge in [-0.2, -0.15) is 5.48 Å². The van der Waals surface area contributed by atoms with Crippen LogP contribution in [0.25, 0.3) is 0 Å². The molecule has 2 rings (SSSR count). The molecule has 4 heteroatoms. The first kappa shape index (κ1) is 13.0. The zero-order valence-corrected chi connectivity index (χ0v) is 10.5. The van der Waals surface area contributed by atoms with E-state index in [1.807, 2.05) is 30.3 Å². The second-order valence-electron chi connectivity index (χ2n) is 3.83. The second-order valence-corrected chi connectivity index (χ2v) is 4.24. The molecule has 0 unspecified atom stereocenters. The molecule has 0 aliphatic heterocycles. The zero-order chi connectivity index (χ0) is 12.8. The van der Waals surface area contributed by atoms with Crippen LogP contribution < -0.4 is 5.48 Å². The average molecular weight is 266 g/mol. The van der Waals surface area contributed by atoms with Gasteiger partial charge in [0, 0.05) is 11.6 Å². The van der Waals surface area contributed by atoms with Crippen molar-refractivity contribution in [3.8, 4) is 0 Å². The maximum Gasteiger partial charge on any atom is 0.124 e. The van der Waals surface area contributed by atoms with E-state index in [9.17, 15) is 4.39 Å². The highest BCUT2D eigenvalue weighted by Crippen LogP contribution is 2.16. The third kappa shape index (κ3) is 3.81. The zero-order valence-electron chi connectivity index (χ0n) is 9.70.